The van der Waals surface area contributed by atoms with Crippen LogP contribution in [0.25, 0.3) is 5.57 Å². The molecule has 0 saturated carbocycles. The Balaban J connectivity index is 3.32. The molecule has 0 spiro atoms. The Hall–Kier alpha value is -1.24. The monoisotopic (exact) mass is 176 g/mol. The first-order chi connectivity index (χ1) is 6.06. The van der Waals surface area contributed by atoms with E-state index in [1.54, 1.807) is 0 Å². The molecule has 0 saturated heterocycles. The van der Waals surface area contributed by atoms with E-state index in [-0.39, 0.29) is 0 Å². The summed E-state index contributed by atoms with van der Waals surface area (Å²) in [7, 11) is 0. The van der Waals surface area contributed by atoms with E-state index < -0.39 is 0 Å². The second-order valence-electron chi connectivity index (χ2n) is 3.43. The van der Waals surface area contributed by atoms with Gasteiger partial charge in [-0.05, 0) is 56.0 Å². The van der Waals surface area contributed by atoms with Crippen molar-refractivity contribution in [1.82, 2.24) is 0 Å². The maximum Gasteiger partial charge on any atom is 0.119 e. The molecule has 0 aliphatic heterocycles. The molecule has 1 aromatic carbocycles. The first-order valence-electron chi connectivity index (χ1n) is 4.49. The third kappa shape index (κ3) is 1.92. The van der Waals surface area contributed by atoms with Crippen LogP contribution >= 0.6 is 0 Å². The van der Waals surface area contributed by atoms with Gasteiger partial charge in [0.1, 0.15) is 5.75 Å². The molecule has 0 fully saturated rings. The maximum absolute atomic E-state index is 9.54. The van der Waals surface area contributed by atoms with Gasteiger partial charge in [0.2, 0.25) is 0 Å². The number of benzene rings is 1. The van der Waals surface area contributed by atoms with E-state index in [2.05, 4.69) is 19.9 Å². The Bertz CT molecular complexity index is 348. The lowest BCUT2D eigenvalue weighted by Crippen LogP contribution is -1.87. The number of aryl methyl sites for hydroxylation is 2. The fourth-order valence-electron chi connectivity index (χ4n) is 1.42. The first kappa shape index (κ1) is 9.85. The number of allylic oxidation sites excluding steroid dienone is 2. The molecular formula is C12H16O. The van der Waals surface area contributed by atoms with Gasteiger partial charge >= 0.3 is 0 Å². The van der Waals surface area contributed by atoms with Crippen LogP contribution in [0, 0.1) is 13.8 Å². The number of hydrogen-bond acceptors (Lipinski definition) is 1. The molecular weight excluding hydrogens is 160 g/mol. The molecule has 0 bridgehead atoms. The summed E-state index contributed by atoms with van der Waals surface area (Å²) < 4.78 is 0. The lowest BCUT2D eigenvalue weighted by molar-refractivity contribution is 0.471. The van der Waals surface area contributed by atoms with Gasteiger partial charge in [0, 0.05) is 0 Å². The van der Waals surface area contributed by atoms with Gasteiger partial charge in [-0.25, -0.2) is 0 Å². The highest BCUT2D eigenvalue weighted by Gasteiger charge is 2.03. The highest BCUT2D eigenvalue weighted by atomic mass is 16.3. The molecule has 70 valence electrons. The molecule has 0 amide bonds. The van der Waals surface area contributed by atoms with Gasteiger partial charge < -0.3 is 5.11 Å². The summed E-state index contributed by atoms with van der Waals surface area (Å²) in [5.41, 5.74) is 4.48. The van der Waals surface area contributed by atoms with Gasteiger partial charge in [-0.3, -0.25) is 0 Å². The van der Waals surface area contributed by atoms with Crippen LogP contribution in [-0.4, -0.2) is 5.11 Å². The summed E-state index contributed by atoms with van der Waals surface area (Å²) in [6, 6.07) is 3.84. The molecule has 0 heterocycles. The van der Waals surface area contributed by atoms with Crippen molar-refractivity contribution in [3.63, 3.8) is 0 Å². The summed E-state index contributed by atoms with van der Waals surface area (Å²) >= 11 is 0. The van der Waals surface area contributed by atoms with Crippen LogP contribution in [0.4, 0.5) is 0 Å². The average molecular weight is 176 g/mol. The summed E-state index contributed by atoms with van der Waals surface area (Å²) in [6.45, 7) is 8.04. The van der Waals surface area contributed by atoms with E-state index in [0.29, 0.717) is 5.75 Å². The van der Waals surface area contributed by atoms with Gasteiger partial charge in [0.05, 0.1) is 0 Å². The minimum absolute atomic E-state index is 0.377. The lowest BCUT2D eigenvalue weighted by atomic mass is 9.99. The van der Waals surface area contributed by atoms with Crippen LogP contribution in [0.2, 0.25) is 0 Å². The van der Waals surface area contributed by atoms with Crippen molar-refractivity contribution >= 4 is 5.57 Å². The van der Waals surface area contributed by atoms with Crippen molar-refractivity contribution in [2.45, 2.75) is 27.7 Å². The smallest absolute Gasteiger partial charge is 0.119 e. The predicted molar refractivity (Wildman–Crippen MR) is 56.9 cm³/mol. The van der Waals surface area contributed by atoms with Gasteiger partial charge in [-0.2, -0.15) is 0 Å². The molecule has 13 heavy (non-hydrogen) atoms. The summed E-state index contributed by atoms with van der Waals surface area (Å²) in [5, 5.41) is 9.54. The van der Waals surface area contributed by atoms with Gasteiger partial charge in [-0.1, -0.05) is 12.1 Å². The third-order valence-corrected chi connectivity index (χ3v) is 2.40. The van der Waals surface area contributed by atoms with Crippen LogP contribution in [0.3, 0.4) is 0 Å². The number of phenolic OH excluding ortho intramolecular Hbond substituents is 1. The fourth-order valence-corrected chi connectivity index (χ4v) is 1.42. The number of aromatic hydroxyl groups is 1. The van der Waals surface area contributed by atoms with E-state index in [1.807, 2.05) is 26.0 Å². The Labute approximate surface area is 79.7 Å². The highest BCUT2D eigenvalue weighted by Crippen LogP contribution is 2.26. The zero-order chi connectivity index (χ0) is 10.0. The molecule has 1 heteroatoms. The lowest BCUT2D eigenvalue weighted by Gasteiger charge is -2.08. The van der Waals surface area contributed by atoms with Crippen LogP contribution in [-0.2, 0) is 0 Å². The Morgan fingerprint density at radius 3 is 2.38 bits per heavy atom. The minimum atomic E-state index is 0.377. The first-order valence-corrected chi connectivity index (χ1v) is 4.49. The number of rotatable bonds is 1. The van der Waals surface area contributed by atoms with Crippen LogP contribution < -0.4 is 0 Å². The van der Waals surface area contributed by atoms with Crippen molar-refractivity contribution in [3.05, 3.63) is 34.9 Å². The molecule has 0 aliphatic rings. The van der Waals surface area contributed by atoms with Gasteiger partial charge in [0.15, 0.2) is 0 Å². The van der Waals surface area contributed by atoms with Crippen LogP contribution in [0.15, 0.2) is 18.2 Å². The molecule has 0 aliphatic carbocycles. The molecule has 1 aromatic rings. The van der Waals surface area contributed by atoms with E-state index >= 15 is 0 Å². The fraction of sp³-hybridized carbons (Fsp3) is 0.333. The third-order valence-electron chi connectivity index (χ3n) is 2.40. The predicted octanol–water partition coefficient (Wildman–Crippen LogP) is 3.43. The minimum Gasteiger partial charge on any atom is -0.508 e. The molecule has 1 N–H and O–H groups in total. The number of phenols is 1. The topological polar surface area (TPSA) is 20.2 Å². The van der Waals surface area contributed by atoms with Crippen molar-refractivity contribution in [1.29, 1.82) is 0 Å². The van der Waals surface area contributed by atoms with E-state index in [0.717, 1.165) is 11.1 Å². The molecule has 0 aromatic heterocycles. The van der Waals surface area contributed by atoms with E-state index in [1.165, 1.54) is 11.1 Å². The number of hydrogen-bond donors (Lipinski definition) is 1. The molecule has 1 nitrogen and oxygen atoms in total. The Morgan fingerprint density at radius 1 is 1.23 bits per heavy atom. The van der Waals surface area contributed by atoms with Crippen molar-refractivity contribution in [2.75, 3.05) is 0 Å². The van der Waals surface area contributed by atoms with Crippen LogP contribution in [0.1, 0.15) is 30.5 Å². The van der Waals surface area contributed by atoms with Crippen LogP contribution in [0.5, 0.6) is 5.75 Å². The van der Waals surface area contributed by atoms with Gasteiger partial charge in [-0.15, -0.1) is 0 Å². The SMILES string of the molecule is CC=C(C)c1cc(O)c(C)cc1C. The molecule has 1 rings (SSSR count). The average Bonchev–Trinajstić information content (AvgIpc) is 2.10. The Morgan fingerprint density at radius 2 is 1.85 bits per heavy atom. The molecule has 0 atom stereocenters. The molecule has 0 radical (unpaired) electrons. The second kappa shape index (κ2) is 3.65. The van der Waals surface area contributed by atoms with E-state index in [4.69, 9.17) is 0 Å². The van der Waals surface area contributed by atoms with Crippen molar-refractivity contribution < 1.29 is 5.11 Å². The summed E-state index contributed by atoms with van der Waals surface area (Å²) in [5.74, 6) is 0.377. The maximum atomic E-state index is 9.54. The van der Waals surface area contributed by atoms with E-state index in [9.17, 15) is 5.11 Å². The summed E-state index contributed by atoms with van der Waals surface area (Å²) in [4.78, 5) is 0. The Kier molecular flexibility index (Phi) is 2.76. The zero-order valence-corrected chi connectivity index (χ0v) is 8.68. The largest absolute Gasteiger partial charge is 0.508 e. The van der Waals surface area contributed by atoms with Crippen molar-refractivity contribution in [2.24, 2.45) is 0 Å². The normalized spacial score (nSPS) is 11.8. The highest BCUT2D eigenvalue weighted by molar-refractivity contribution is 5.68. The quantitative estimate of drug-likeness (QED) is 0.695. The second-order valence-corrected chi connectivity index (χ2v) is 3.43. The zero-order valence-electron chi connectivity index (χ0n) is 8.68. The standard InChI is InChI=1S/C12H16O/c1-5-8(2)11-7-12(13)10(4)6-9(11)3/h5-7,13H,1-4H3. The van der Waals surface area contributed by atoms with Gasteiger partial charge in [0.25, 0.3) is 0 Å². The molecule has 0 unspecified atom stereocenters. The summed E-state index contributed by atoms with van der Waals surface area (Å²) in [6.07, 6.45) is 2.05. The van der Waals surface area contributed by atoms with Crippen molar-refractivity contribution in [3.8, 4) is 5.75 Å².